The van der Waals surface area contributed by atoms with Gasteiger partial charge in [0.1, 0.15) is 6.04 Å². The van der Waals surface area contributed by atoms with Gasteiger partial charge in [0.05, 0.1) is 0 Å². The maximum absolute atomic E-state index is 9.99. The smallest absolute Gasteiger partial charge is 0.481 e. The number of carboxylic acid groups (broad SMARTS) is 2. The summed E-state index contributed by atoms with van der Waals surface area (Å²) in [6.07, 6.45) is -0.224. The zero-order chi connectivity index (χ0) is 11.7. The number of hydrogen-bond acceptors (Lipinski definition) is 7. The molecule has 0 aliphatic carbocycles. The fourth-order valence-electron chi connectivity index (χ4n) is 0.402. The van der Waals surface area contributed by atoms with E-state index in [0.717, 1.165) is 0 Å². The molecule has 12 heteroatoms. The van der Waals surface area contributed by atoms with Gasteiger partial charge in [-0.25, -0.2) is 0 Å². The van der Waals surface area contributed by atoms with Gasteiger partial charge in [-0.2, -0.15) is 0 Å². The van der Waals surface area contributed by atoms with E-state index in [0.29, 0.717) is 0 Å². The Hall–Kier alpha value is -1.20. The van der Waals surface area contributed by atoms with Gasteiger partial charge < -0.3 is 34.4 Å². The Bertz CT molecular complexity index is 223. The van der Waals surface area contributed by atoms with Crippen LogP contribution in [-0.4, -0.2) is 33.1 Å². The average molecular weight is 278 g/mol. The molecule has 2 unspecified atom stereocenters. The quantitative estimate of drug-likeness (QED) is 0.299. The molecule has 0 saturated carbocycles. The zero-order valence-corrected chi connectivity index (χ0v) is 10.2. The molecule has 0 aliphatic heterocycles. The monoisotopic (exact) mass is 278 g/mol. The Morgan fingerprint density at radius 1 is 1.18 bits per heavy atom. The van der Waals surface area contributed by atoms with Crippen LogP contribution in [0.25, 0.3) is 0 Å². The fraction of sp³-hybridized carbons (Fsp3) is 0.600. The minimum atomic E-state index is -2.37. The van der Waals surface area contributed by atoms with Crippen LogP contribution in [0.3, 0.4) is 0 Å². The van der Waals surface area contributed by atoms with Crippen molar-refractivity contribution in [3.63, 3.8) is 0 Å². The van der Waals surface area contributed by atoms with Crippen LogP contribution < -0.4 is 29.7 Å². The van der Waals surface area contributed by atoms with Crippen LogP contribution in [0.4, 0.5) is 0 Å². The van der Waals surface area contributed by atoms with E-state index < -0.39 is 26.2 Å². The van der Waals surface area contributed by atoms with Gasteiger partial charge in [0.25, 0.3) is 0 Å². The third-order valence-electron chi connectivity index (χ3n) is 0.986. The highest BCUT2D eigenvalue weighted by Crippen LogP contribution is 1.93. The summed E-state index contributed by atoms with van der Waals surface area (Å²) in [5.41, 5.74) is 9.18. The molecule has 0 aromatic heterocycles. The van der Waals surface area contributed by atoms with Crippen molar-refractivity contribution >= 4 is 20.1 Å². The largest absolute Gasteiger partial charge is 0.607 e. The molecule has 16 N–H and O–H groups in total. The van der Waals surface area contributed by atoms with Gasteiger partial charge in [0, 0.05) is 6.42 Å². The molecular weight excluding hydrogens is 257 g/mol. The number of carboxylic acids is 2. The maximum atomic E-state index is 9.99. The first-order valence-electron chi connectivity index (χ1n) is 3.38. The molecule has 0 saturated heterocycles. The van der Waals surface area contributed by atoms with Crippen LogP contribution >= 0.6 is 8.18 Å². The molecule has 0 bridgehead atoms. The van der Waals surface area contributed by atoms with Gasteiger partial charge in [-0.05, 0) is 11.0 Å². The number of rotatable bonds is 4. The summed E-state index contributed by atoms with van der Waals surface area (Å²) in [6, 6.07) is -1.06. The Balaban J connectivity index is -0.0000000607. The van der Waals surface area contributed by atoms with Gasteiger partial charge in [-0.1, -0.05) is 5.50 Å². The van der Waals surface area contributed by atoms with E-state index in [1.807, 2.05) is 0 Å². The highest BCUT2D eigenvalue weighted by atomic mass is 31.1. The average Bonchev–Trinajstić information content (AvgIpc) is 1.98. The van der Waals surface area contributed by atoms with Crippen molar-refractivity contribution in [2.75, 3.05) is 0 Å². The first-order valence-corrected chi connectivity index (χ1v) is 4.66. The second-order valence-corrected chi connectivity index (χ2v) is 2.78. The molecule has 0 aliphatic rings. The summed E-state index contributed by atoms with van der Waals surface area (Å²) in [4.78, 5) is 27.2. The molecule has 106 valence electrons. The van der Waals surface area contributed by atoms with Crippen LogP contribution in [0, 0.1) is 0 Å². The lowest BCUT2D eigenvalue weighted by Crippen LogP contribution is -2.30. The van der Waals surface area contributed by atoms with Gasteiger partial charge in [0.15, 0.2) is 0 Å². The maximum Gasteiger partial charge on any atom is 0.607 e. The van der Waals surface area contributed by atoms with E-state index in [4.69, 9.17) is 25.4 Å². The SMILES string of the molecule is N.N.N.NC(CCC(=O)O)C(=O)O.N[P+](=O)O. The lowest BCUT2D eigenvalue weighted by atomic mass is 10.2. The summed E-state index contributed by atoms with van der Waals surface area (Å²) < 4.78 is 8.93. The summed E-state index contributed by atoms with van der Waals surface area (Å²) in [6.45, 7) is 0. The summed E-state index contributed by atoms with van der Waals surface area (Å²) in [7, 11) is -2.37. The lowest BCUT2D eigenvalue weighted by Gasteiger charge is -2.01. The summed E-state index contributed by atoms with van der Waals surface area (Å²) in [5.74, 6) is -2.20. The molecular formula is C5H21N5O6P+. The molecule has 0 aromatic rings. The highest BCUT2D eigenvalue weighted by Gasteiger charge is 2.12. The van der Waals surface area contributed by atoms with Crippen molar-refractivity contribution in [2.45, 2.75) is 18.9 Å². The first-order chi connectivity index (χ1) is 6.27. The van der Waals surface area contributed by atoms with E-state index in [2.05, 4.69) is 5.50 Å². The zero-order valence-electron chi connectivity index (χ0n) is 9.28. The van der Waals surface area contributed by atoms with E-state index in [1.165, 1.54) is 0 Å². The Morgan fingerprint density at radius 2 is 1.47 bits per heavy atom. The summed E-state index contributed by atoms with van der Waals surface area (Å²) >= 11 is 0. The van der Waals surface area contributed by atoms with Crippen LogP contribution in [0.1, 0.15) is 12.8 Å². The standard InChI is InChI=1S/C5H9NO4.H2NO2P.3H3N/c6-3(5(9)10)1-2-4(7)8;1-4(2)3;;;/h3H,1-2,6H2,(H,7,8)(H,9,10);(H2-,1,2,3);3*1H3/p+1. The van der Waals surface area contributed by atoms with E-state index in [9.17, 15) is 9.59 Å². The van der Waals surface area contributed by atoms with Crippen LogP contribution in [-0.2, 0) is 14.2 Å². The molecule has 0 rings (SSSR count). The molecule has 0 amide bonds. The second-order valence-electron chi connectivity index (χ2n) is 2.18. The van der Waals surface area contributed by atoms with Crippen LogP contribution in [0.2, 0.25) is 0 Å². The highest BCUT2D eigenvalue weighted by molar-refractivity contribution is 7.35. The van der Waals surface area contributed by atoms with Crippen molar-refractivity contribution in [1.29, 1.82) is 0 Å². The number of aliphatic carboxylic acids is 2. The van der Waals surface area contributed by atoms with Gasteiger partial charge in [-0.3, -0.25) is 9.59 Å². The minimum Gasteiger partial charge on any atom is -0.481 e. The van der Waals surface area contributed by atoms with E-state index in [-0.39, 0.29) is 31.3 Å². The lowest BCUT2D eigenvalue weighted by molar-refractivity contribution is -0.139. The predicted octanol–water partition coefficient (Wildman–Crippen LogP) is -0.656. The molecule has 2 atom stereocenters. The third-order valence-corrected chi connectivity index (χ3v) is 0.986. The number of nitrogens with two attached hydrogens (primary N) is 2. The second kappa shape index (κ2) is 17.2. The minimum absolute atomic E-state index is 0. The van der Waals surface area contributed by atoms with Crippen molar-refractivity contribution in [3.8, 4) is 0 Å². The molecule has 0 fully saturated rings. The molecule has 11 nitrogen and oxygen atoms in total. The molecule has 0 heterocycles. The van der Waals surface area contributed by atoms with Crippen molar-refractivity contribution in [1.82, 2.24) is 18.5 Å². The normalized spacial score (nSPS) is 9.94. The number of carbonyl (C=O) groups is 2. The topological polar surface area (TPSA) is 269 Å². The molecule has 17 heavy (non-hydrogen) atoms. The summed E-state index contributed by atoms with van der Waals surface area (Å²) in [5, 5.41) is 16.3. The van der Waals surface area contributed by atoms with E-state index >= 15 is 0 Å². The van der Waals surface area contributed by atoms with Crippen molar-refractivity contribution in [3.05, 3.63) is 0 Å². The molecule has 0 spiro atoms. The van der Waals surface area contributed by atoms with Crippen LogP contribution in [0.5, 0.6) is 0 Å². The Kier molecular flexibility index (Phi) is 30.0. The Labute approximate surface area is 98.8 Å². The van der Waals surface area contributed by atoms with Crippen molar-refractivity contribution in [2.24, 2.45) is 11.2 Å². The van der Waals surface area contributed by atoms with Gasteiger partial charge in [0.2, 0.25) is 0 Å². The number of hydrogen-bond donors (Lipinski definition) is 8. The molecule has 0 aromatic carbocycles. The Morgan fingerprint density at radius 3 is 1.65 bits per heavy atom. The van der Waals surface area contributed by atoms with E-state index in [1.54, 1.807) is 0 Å². The van der Waals surface area contributed by atoms with Gasteiger partial charge >= 0.3 is 20.1 Å². The fourth-order valence-corrected chi connectivity index (χ4v) is 0.402. The molecule has 0 radical (unpaired) electrons. The predicted molar refractivity (Wildman–Crippen MR) is 61.6 cm³/mol. The van der Waals surface area contributed by atoms with Crippen LogP contribution in [0.15, 0.2) is 0 Å². The third kappa shape index (κ3) is 39.9. The first kappa shape index (κ1) is 29.7. The van der Waals surface area contributed by atoms with Gasteiger partial charge in [-0.15, -0.1) is 4.89 Å². The van der Waals surface area contributed by atoms with Crippen molar-refractivity contribution < 1.29 is 29.3 Å².